The summed E-state index contributed by atoms with van der Waals surface area (Å²) in [6.45, 7) is 2.36. The molecule has 0 aliphatic carbocycles. The van der Waals surface area contributed by atoms with Crippen LogP contribution < -0.4 is 0 Å². The second-order valence-electron chi connectivity index (χ2n) is 3.86. The van der Waals surface area contributed by atoms with E-state index in [2.05, 4.69) is 11.8 Å². The van der Waals surface area contributed by atoms with Crippen molar-refractivity contribution in [2.24, 2.45) is 0 Å². The Morgan fingerprint density at radius 3 is 2.56 bits per heavy atom. The maximum atomic E-state index is 11.4. The van der Waals surface area contributed by atoms with Crippen molar-refractivity contribution in [2.75, 3.05) is 6.61 Å². The summed E-state index contributed by atoms with van der Waals surface area (Å²) in [5.41, 5.74) is 0.313. The lowest BCUT2D eigenvalue weighted by Gasteiger charge is -1.95. The van der Waals surface area contributed by atoms with Crippen LogP contribution >= 0.6 is 0 Å². The number of hydrogen-bond donors (Lipinski definition) is 0. The van der Waals surface area contributed by atoms with Gasteiger partial charge in [0.15, 0.2) is 6.61 Å². The van der Waals surface area contributed by atoms with Gasteiger partial charge in [0.05, 0.1) is 5.56 Å². The van der Waals surface area contributed by atoms with Crippen LogP contribution in [0.3, 0.4) is 0 Å². The molecule has 0 amide bonds. The smallest absolute Gasteiger partial charge is 0.238 e. The Morgan fingerprint density at radius 2 is 1.89 bits per heavy atom. The number of hydrogen-bond acceptors (Lipinski definition) is 4. The minimum atomic E-state index is -0.723. The van der Waals surface area contributed by atoms with Crippen molar-refractivity contribution in [2.45, 2.75) is 32.6 Å². The zero-order valence-corrected chi connectivity index (χ0v) is 10.5. The van der Waals surface area contributed by atoms with Gasteiger partial charge in [0, 0.05) is 0 Å². The lowest BCUT2D eigenvalue weighted by atomic mass is 10.2. The molecule has 5 nitrogen and oxygen atoms in total. The first-order chi connectivity index (χ1) is 8.74. The van der Waals surface area contributed by atoms with Gasteiger partial charge in [-0.2, -0.15) is 4.84 Å². The third-order valence-electron chi connectivity index (χ3n) is 2.36. The van der Waals surface area contributed by atoms with Crippen LogP contribution in [0.5, 0.6) is 0 Å². The molecule has 0 bridgehead atoms. The van der Waals surface area contributed by atoms with Crippen molar-refractivity contribution in [3.8, 4) is 0 Å². The Morgan fingerprint density at radius 1 is 1.17 bits per heavy atom. The number of benzene rings is 1. The van der Waals surface area contributed by atoms with Crippen molar-refractivity contribution in [1.82, 2.24) is 0 Å². The minimum Gasteiger partial charge on any atom is -0.238 e. The lowest BCUT2D eigenvalue weighted by Crippen LogP contribution is -2.17. The maximum absolute atomic E-state index is 11.4. The zero-order chi connectivity index (χ0) is 13.2. The average molecular weight is 252 g/mol. The Hall–Kier alpha value is -1.91. The number of carbonyl (C=O) groups is 1. The summed E-state index contributed by atoms with van der Waals surface area (Å²) in [6, 6.07) is 8.29. The molecule has 0 spiro atoms. The highest BCUT2D eigenvalue weighted by atomic mass is 17.0. The summed E-state index contributed by atoms with van der Waals surface area (Å²) in [4.78, 5) is 31.7. The Balaban J connectivity index is 2.22. The molecule has 0 radical (unpaired) electrons. The number of carbonyl (C=O) groups excluding carboxylic acids is 1. The molecule has 0 aliphatic heterocycles. The number of unbranched alkanes of at least 4 members (excludes halogenated alkanes) is 3. The van der Waals surface area contributed by atoms with Gasteiger partial charge in [-0.25, -0.2) is 4.79 Å². The largest absolute Gasteiger partial charge is 0.486 e. The summed E-state index contributed by atoms with van der Waals surface area (Å²) in [6.07, 6.45) is 3.99. The second kappa shape index (κ2) is 8.22. The summed E-state index contributed by atoms with van der Waals surface area (Å²) in [7, 11) is 0. The van der Waals surface area contributed by atoms with E-state index in [0.717, 1.165) is 25.7 Å². The Bertz CT molecular complexity index is 378. The normalized spacial score (nSPS) is 9.83. The van der Waals surface area contributed by atoms with Gasteiger partial charge in [-0.05, 0) is 25.0 Å². The molecule has 98 valence electrons. The second-order valence-corrected chi connectivity index (χ2v) is 3.86. The van der Waals surface area contributed by atoms with Crippen LogP contribution in [0.15, 0.2) is 30.3 Å². The molecule has 0 saturated carbocycles. The first-order valence-corrected chi connectivity index (χ1v) is 6.11. The van der Waals surface area contributed by atoms with Gasteiger partial charge < -0.3 is 0 Å². The quantitative estimate of drug-likeness (QED) is 0.527. The molecule has 0 aromatic heterocycles. The first kappa shape index (κ1) is 14.2. The molecule has 0 heterocycles. The van der Waals surface area contributed by atoms with Crippen LogP contribution in [0.2, 0.25) is 0 Å². The number of rotatable bonds is 8. The Kier molecular flexibility index (Phi) is 6.46. The molecule has 1 rings (SSSR count). The highest BCUT2D eigenvalue weighted by Crippen LogP contribution is 2.02. The van der Waals surface area contributed by atoms with E-state index in [1.54, 1.807) is 30.3 Å². The average Bonchev–Trinajstić information content (AvgIpc) is 2.39. The molecule has 0 saturated heterocycles. The van der Waals surface area contributed by atoms with E-state index in [1.807, 2.05) is 0 Å². The van der Waals surface area contributed by atoms with E-state index in [0.29, 0.717) is 5.56 Å². The van der Waals surface area contributed by atoms with Gasteiger partial charge >= 0.3 is 11.1 Å². The predicted octanol–water partition coefficient (Wildman–Crippen LogP) is 3.05. The molecule has 18 heavy (non-hydrogen) atoms. The van der Waals surface area contributed by atoms with Crippen LogP contribution in [-0.4, -0.2) is 17.7 Å². The molecular weight excluding hydrogens is 234 g/mol. The minimum absolute atomic E-state index is 0.124. The first-order valence-electron chi connectivity index (χ1n) is 6.11. The Labute approximate surface area is 106 Å². The zero-order valence-electron chi connectivity index (χ0n) is 10.5. The molecule has 0 aliphatic rings. The van der Waals surface area contributed by atoms with Gasteiger partial charge in [-0.1, -0.05) is 42.8 Å². The summed E-state index contributed by atoms with van der Waals surface area (Å²) >= 11 is 0. The van der Waals surface area contributed by atoms with Crippen molar-refractivity contribution in [3.63, 3.8) is 0 Å². The van der Waals surface area contributed by atoms with E-state index >= 15 is 0 Å². The lowest BCUT2D eigenvalue weighted by molar-refractivity contribution is -0.962. The van der Waals surface area contributed by atoms with Crippen LogP contribution in [0, 0.1) is 4.91 Å². The maximum Gasteiger partial charge on any atom is 0.486 e. The van der Waals surface area contributed by atoms with Gasteiger partial charge in [0.1, 0.15) is 4.91 Å². The van der Waals surface area contributed by atoms with Crippen molar-refractivity contribution in [3.05, 3.63) is 40.8 Å². The molecule has 5 heteroatoms. The van der Waals surface area contributed by atoms with Gasteiger partial charge in [0.2, 0.25) is 0 Å². The van der Waals surface area contributed by atoms with Gasteiger partial charge in [0.25, 0.3) is 0 Å². The number of nitrogens with zero attached hydrogens (tertiary/aromatic N) is 1. The molecule has 1 aromatic rings. The van der Waals surface area contributed by atoms with Gasteiger partial charge in [-0.15, -0.1) is 0 Å². The third kappa shape index (κ3) is 5.43. The standard InChI is InChI=1S/C13H18NO4/c1-2-3-4-8-11-17-14(16)18-13(15)12-9-6-5-7-10-12/h5-7,9-10H,2-4,8,11H2,1H3/q+1. The van der Waals surface area contributed by atoms with Crippen molar-refractivity contribution in [1.29, 1.82) is 0 Å². The van der Waals surface area contributed by atoms with Crippen LogP contribution in [0.4, 0.5) is 0 Å². The van der Waals surface area contributed by atoms with E-state index in [9.17, 15) is 9.70 Å². The fourth-order valence-corrected chi connectivity index (χ4v) is 1.39. The van der Waals surface area contributed by atoms with Crippen molar-refractivity contribution < 1.29 is 19.6 Å². The van der Waals surface area contributed by atoms with Gasteiger partial charge in [-0.3, -0.25) is 0 Å². The topological polar surface area (TPSA) is 55.6 Å². The molecule has 0 atom stereocenters. The fourth-order valence-electron chi connectivity index (χ4n) is 1.39. The van der Waals surface area contributed by atoms with Crippen LogP contribution in [0.25, 0.3) is 0 Å². The fraction of sp³-hybridized carbons (Fsp3) is 0.462. The van der Waals surface area contributed by atoms with Crippen LogP contribution in [-0.2, 0) is 9.68 Å². The monoisotopic (exact) mass is 252 g/mol. The SMILES string of the molecule is CCCCCCO[N+](=O)OC(=O)c1ccccc1. The molecule has 1 aromatic carbocycles. The highest BCUT2D eigenvalue weighted by molar-refractivity contribution is 5.88. The van der Waals surface area contributed by atoms with E-state index < -0.39 is 5.97 Å². The van der Waals surface area contributed by atoms with E-state index in [4.69, 9.17) is 4.84 Å². The van der Waals surface area contributed by atoms with E-state index in [-0.39, 0.29) is 11.7 Å². The molecule has 0 fully saturated rings. The summed E-state index contributed by atoms with van der Waals surface area (Å²) in [5.74, 6) is -0.723. The molecule has 0 N–H and O–H groups in total. The predicted molar refractivity (Wildman–Crippen MR) is 65.6 cm³/mol. The van der Waals surface area contributed by atoms with E-state index in [1.165, 1.54) is 0 Å². The van der Waals surface area contributed by atoms with Crippen molar-refractivity contribution >= 4 is 5.97 Å². The van der Waals surface area contributed by atoms with Crippen LogP contribution in [0.1, 0.15) is 43.0 Å². The summed E-state index contributed by atoms with van der Waals surface area (Å²) < 4.78 is 0. The summed E-state index contributed by atoms with van der Waals surface area (Å²) in [5, 5.41) is -0.124. The third-order valence-corrected chi connectivity index (χ3v) is 2.36. The molecule has 0 unspecified atom stereocenters. The molecular formula is C13H18NO4+. The highest BCUT2D eigenvalue weighted by Gasteiger charge is 2.21.